The van der Waals surface area contributed by atoms with Crippen LogP contribution in [0.4, 0.5) is 17.3 Å². The third-order valence-electron chi connectivity index (χ3n) is 4.95. The van der Waals surface area contributed by atoms with E-state index in [1.54, 1.807) is 12.3 Å². The van der Waals surface area contributed by atoms with Gasteiger partial charge in [-0.15, -0.1) is 0 Å². The summed E-state index contributed by atoms with van der Waals surface area (Å²) >= 11 is 0. The first kappa shape index (κ1) is 20.1. The van der Waals surface area contributed by atoms with Crippen LogP contribution >= 0.6 is 0 Å². The minimum absolute atomic E-state index is 0.230. The predicted molar refractivity (Wildman–Crippen MR) is 114 cm³/mol. The fourth-order valence-corrected chi connectivity index (χ4v) is 3.16. The topological polar surface area (TPSA) is 73.4 Å². The number of anilines is 3. The average Bonchev–Trinajstić information content (AvgIpc) is 2.73. The van der Waals surface area contributed by atoms with E-state index in [2.05, 4.69) is 56.5 Å². The zero-order chi connectivity index (χ0) is 19.8. The average molecular weight is 383 g/mol. The summed E-state index contributed by atoms with van der Waals surface area (Å²) in [6.45, 7) is 7.17. The maximum atomic E-state index is 12.5. The SMILES string of the molecule is CCCCCNc1nccc(C(=O)Nc2ccc(N3CCN(C)CC3)cc2)n1. The number of carbonyl (C=O) groups excluding carboxylic acids is 1. The number of rotatable bonds is 8. The predicted octanol–water partition coefficient (Wildman–Crippen LogP) is 3.08. The summed E-state index contributed by atoms with van der Waals surface area (Å²) in [6.07, 6.45) is 5.01. The molecule has 0 unspecified atom stereocenters. The van der Waals surface area contributed by atoms with E-state index in [1.165, 1.54) is 12.1 Å². The molecular weight excluding hydrogens is 352 g/mol. The number of likely N-dealkylation sites (N-methyl/N-ethyl adjacent to an activating group) is 1. The molecular formula is C21H30N6O. The number of aromatic nitrogens is 2. The summed E-state index contributed by atoms with van der Waals surface area (Å²) in [4.78, 5) is 25.7. The highest BCUT2D eigenvalue weighted by Gasteiger charge is 2.14. The van der Waals surface area contributed by atoms with Crippen molar-refractivity contribution in [1.82, 2.24) is 14.9 Å². The zero-order valence-corrected chi connectivity index (χ0v) is 16.8. The molecule has 2 heterocycles. The Balaban J connectivity index is 1.55. The molecule has 2 aromatic rings. The first-order valence-corrected chi connectivity index (χ1v) is 10.1. The van der Waals surface area contributed by atoms with Gasteiger partial charge in [0, 0.05) is 50.3 Å². The quantitative estimate of drug-likeness (QED) is 0.684. The smallest absolute Gasteiger partial charge is 0.274 e. The number of unbranched alkanes of at least 4 members (excludes halogenated alkanes) is 2. The van der Waals surface area contributed by atoms with Crippen molar-refractivity contribution >= 4 is 23.2 Å². The van der Waals surface area contributed by atoms with Gasteiger partial charge in [0.1, 0.15) is 5.69 Å². The van der Waals surface area contributed by atoms with E-state index in [1.807, 2.05) is 12.1 Å². The molecule has 1 saturated heterocycles. The van der Waals surface area contributed by atoms with Crippen LogP contribution in [0.5, 0.6) is 0 Å². The molecule has 28 heavy (non-hydrogen) atoms. The van der Waals surface area contributed by atoms with Crippen molar-refractivity contribution in [2.45, 2.75) is 26.2 Å². The number of nitrogens with one attached hydrogen (secondary N) is 2. The van der Waals surface area contributed by atoms with Crippen LogP contribution in [0.2, 0.25) is 0 Å². The van der Waals surface area contributed by atoms with Gasteiger partial charge in [-0.25, -0.2) is 9.97 Å². The van der Waals surface area contributed by atoms with Crippen molar-refractivity contribution in [1.29, 1.82) is 0 Å². The molecule has 3 rings (SSSR count). The number of benzene rings is 1. The van der Waals surface area contributed by atoms with Gasteiger partial charge in [-0.05, 0) is 43.8 Å². The Bertz CT molecular complexity index is 756. The van der Waals surface area contributed by atoms with Crippen molar-refractivity contribution in [2.75, 3.05) is 55.3 Å². The van der Waals surface area contributed by atoms with E-state index in [0.717, 1.165) is 51.3 Å². The summed E-state index contributed by atoms with van der Waals surface area (Å²) in [6, 6.07) is 9.63. The molecule has 1 aromatic heterocycles. The molecule has 1 aliphatic heterocycles. The molecule has 0 spiro atoms. The van der Waals surface area contributed by atoms with Gasteiger partial charge in [-0.1, -0.05) is 19.8 Å². The summed E-state index contributed by atoms with van der Waals surface area (Å²) in [7, 11) is 2.15. The largest absolute Gasteiger partial charge is 0.369 e. The van der Waals surface area contributed by atoms with Gasteiger partial charge in [-0.3, -0.25) is 4.79 Å². The first-order valence-electron chi connectivity index (χ1n) is 10.1. The Morgan fingerprint density at radius 1 is 1.07 bits per heavy atom. The molecule has 1 amide bonds. The van der Waals surface area contributed by atoms with Crippen LogP contribution in [0, 0.1) is 0 Å². The normalized spacial score (nSPS) is 14.7. The number of amides is 1. The highest BCUT2D eigenvalue weighted by Crippen LogP contribution is 2.19. The second kappa shape index (κ2) is 10.0. The standard InChI is InChI=1S/C21H30N6O/c1-3-4-5-11-22-21-23-12-10-19(25-21)20(28)24-17-6-8-18(9-7-17)27-15-13-26(2)14-16-27/h6-10,12H,3-5,11,13-16H2,1-2H3,(H,24,28)(H,22,23,25). The highest BCUT2D eigenvalue weighted by molar-refractivity contribution is 6.03. The van der Waals surface area contributed by atoms with E-state index in [4.69, 9.17) is 0 Å². The molecule has 0 saturated carbocycles. The highest BCUT2D eigenvalue weighted by atomic mass is 16.1. The van der Waals surface area contributed by atoms with Crippen molar-refractivity contribution in [3.05, 3.63) is 42.2 Å². The molecule has 150 valence electrons. The monoisotopic (exact) mass is 382 g/mol. The van der Waals surface area contributed by atoms with Gasteiger partial charge in [0.2, 0.25) is 5.95 Å². The molecule has 7 heteroatoms. The van der Waals surface area contributed by atoms with Gasteiger partial charge >= 0.3 is 0 Å². The maximum Gasteiger partial charge on any atom is 0.274 e. The lowest BCUT2D eigenvalue weighted by molar-refractivity contribution is 0.102. The van der Waals surface area contributed by atoms with Crippen LogP contribution in [0.1, 0.15) is 36.7 Å². The first-order chi connectivity index (χ1) is 13.7. The Morgan fingerprint density at radius 2 is 1.82 bits per heavy atom. The summed E-state index contributed by atoms with van der Waals surface area (Å²) in [5.41, 5.74) is 2.31. The van der Waals surface area contributed by atoms with E-state index < -0.39 is 0 Å². The van der Waals surface area contributed by atoms with Crippen molar-refractivity contribution in [3.8, 4) is 0 Å². The Morgan fingerprint density at radius 3 is 2.54 bits per heavy atom. The molecule has 0 atom stereocenters. The third-order valence-corrected chi connectivity index (χ3v) is 4.95. The Labute approximate surface area is 167 Å². The maximum absolute atomic E-state index is 12.5. The Kier molecular flexibility index (Phi) is 7.19. The number of hydrogen-bond acceptors (Lipinski definition) is 6. The number of hydrogen-bond donors (Lipinski definition) is 2. The van der Waals surface area contributed by atoms with Gasteiger partial charge in [0.25, 0.3) is 5.91 Å². The number of nitrogens with zero attached hydrogens (tertiary/aromatic N) is 4. The second-order valence-corrected chi connectivity index (χ2v) is 7.19. The molecule has 1 aliphatic rings. The zero-order valence-electron chi connectivity index (χ0n) is 16.8. The lowest BCUT2D eigenvalue weighted by atomic mass is 10.2. The fraction of sp³-hybridized carbons (Fsp3) is 0.476. The summed E-state index contributed by atoms with van der Waals surface area (Å²) < 4.78 is 0. The number of piperazine rings is 1. The fourth-order valence-electron chi connectivity index (χ4n) is 3.16. The molecule has 7 nitrogen and oxygen atoms in total. The number of carbonyl (C=O) groups is 1. The van der Waals surface area contributed by atoms with Crippen molar-refractivity contribution in [3.63, 3.8) is 0 Å². The third kappa shape index (κ3) is 5.66. The van der Waals surface area contributed by atoms with Gasteiger partial charge < -0.3 is 20.4 Å². The molecule has 0 aliphatic carbocycles. The lowest BCUT2D eigenvalue weighted by Crippen LogP contribution is -2.44. The van der Waals surface area contributed by atoms with Gasteiger partial charge in [0.15, 0.2) is 0 Å². The van der Waals surface area contributed by atoms with Gasteiger partial charge in [-0.2, -0.15) is 0 Å². The summed E-state index contributed by atoms with van der Waals surface area (Å²) in [5, 5.41) is 6.09. The van der Waals surface area contributed by atoms with Crippen molar-refractivity contribution in [2.24, 2.45) is 0 Å². The molecule has 1 aromatic carbocycles. The van der Waals surface area contributed by atoms with Crippen LogP contribution in [0.25, 0.3) is 0 Å². The van der Waals surface area contributed by atoms with E-state index in [9.17, 15) is 4.79 Å². The summed E-state index contributed by atoms with van der Waals surface area (Å²) in [5.74, 6) is 0.264. The molecule has 1 fully saturated rings. The van der Waals surface area contributed by atoms with E-state index in [0.29, 0.717) is 11.6 Å². The van der Waals surface area contributed by atoms with Crippen LogP contribution in [-0.2, 0) is 0 Å². The molecule has 0 bridgehead atoms. The van der Waals surface area contributed by atoms with Crippen molar-refractivity contribution < 1.29 is 4.79 Å². The van der Waals surface area contributed by atoms with Crippen LogP contribution < -0.4 is 15.5 Å². The lowest BCUT2D eigenvalue weighted by Gasteiger charge is -2.34. The van der Waals surface area contributed by atoms with Crippen LogP contribution in [-0.4, -0.2) is 60.5 Å². The minimum atomic E-state index is -0.230. The second-order valence-electron chi connectivity index (χ2n) is 7.19. The van der Waals surface area contributed by atoms with E-state index in [-0.39, 0.29) is 5.91 Å². The van der Waals surface area contributed by atoms with Gasteiger partial charge in [0.05, 0.1) is 0 Å². The van der Waals surface area contributed by atoms with E-state index >= 15 is 0 Å². The molecule has 0 radical (unpaired) electrons. The minimum Gasteiger partial charge on any atom is -0.369 e. The van der Waals surface area contributed by atoms with Crippen LogP contribution in [0.15, 0.2) is 36.5 Å². The Hall–Kier alpha value is -2.67. The van der Waals surface area contributed by atoms with Crippen LogP contribution in [0.3, 0.4) is 0 Å². The molecule has 2 N–H and O–H groups in total.